The van der Waals surface area contributed by atoms with Crippen molar-refractivity contribution >= 4 is 29.0 Å². The topological polar surface area (TPSA) is 59.2 Å². The monoisotopic (exact) mass is 375 g/mol. The molecule has 1 amide bonds. The van der Waals surface area contributed by atoms with Gasteiger partial charge in [0.05, 0.1) is 10.7 Å². The summed E-state index contributed by atoms with van der Waals surface area (Å²) in [6.45, 7) is 5.61. The second-order valence-corrected chi connectivity index (χ2v) is 8.80. The Morgan fingerprint density at radius 2 is 2.16 bits per heavy atom. The number of hydrogen-bond donors (Lipinski definition) is 1. The predicted octanol–water partition coefficient (Wildman–Crippen LogP) is 3.94. The number of nitrogens with two attached hydrogens (primary N) is 1. The van der Waals surface area contributed by atoms with Gasteiger partial charge in [-0.05, 0) is 49.9 Å². The van der Waals surface area contributed by atoms with E-state index in [9.17, 15) is 4.79 Å². The number of likely N-dealkylation sites (tertiary alicyclic amines) is 1. The van der Waals surface area contributed by atoms with E-state index in [-0.39, 0.29) is 11.9 Å². The number of piperidine rings is 1. The fourth-order valence-corrected chi connectivity index (χ4v) is 4.74. The van der Waals surface area contributed by atoms with Gasteiger partial charge in [0.2, 0.25) is 0 Å². The number of benzene rings is 1. The van der Waals surface area contributed by atoms with Gasteiger partial charge >= 0.3 is 0 Å². The van der Waals surface area contributed by atoms with E-state index in [4.69, 9.17) is 5.73 Å². The fraction of sp³-hybridized carbons (Fsp3) is 0.474. The molecule has 2 heterocycles. The van der Waals surface area contributed by atoms with Gasteiger partial charge in [0.25, 0.3) is 5.91 Å². The molecule has 1 aromatic carbocycles. The summed E-state index contributed by atoms with van der Waals surface area (Å²) in [6.07, 6.45) is 2.06. The summed E-state index contributed by atoms with van der Waals surface area (Å²) < 4.78 is 0. The minimum absolute atomic E-state index is 0.106. The van der Waals surface area contributed by atoms with E-state index >= 15 is 0 Å². The molecule has 1 aliphatic heterocycles. The van der Waals surface area contributed by atoms with Crippen LogP contribution < -0.4 is 5.73 Å². The van der Waals surface area contributed by atoms with E-state index in [2.05, 4.69) is 17.3 Å². The van der Waals surface area contributed by atoms with Crippen molar-refractivity contribution in [1.82, 2.24) is 9.88 Å². The van der Waals surface area contributed by atoms with E-state index in [0.717, 1.165) is 46.3 Å². The maximum Gasteiger partial charge on any atom is 0.254 e. The van der Waals surface area contributed by atoms with Crippen LogP contribution in [0.5, 0.6) is 0 Å². The first kappa shape index (κ1) is 18.4. The zero-order valence-electron chi connectivity index (χ0n) is 14.8. The first-order valence-electron chi connectivity index (χ1n) is 8.71. The van der Waals surface area contributed by atoms with E-state index in [1.54, 1.807) is 23.1 Å². The molecule has 6 heteroatoms. The van der Waals surface area contributed by atoms with Gasteiger partial charge in [-0.15, -0.1) is 23.1 Å². The normalized spacial score (nSPS) is 20.7. The number of amides is 1. The Kier molecular flexibility index (Phi) is 6.15. The third-order valence-corrected chi connectivity index (χ3v) is 6.53. The highest BCUT2D eigenvalue weighted by Crippen LogP contribution is 2.26. The Hall–Kier alpha value is -1.37. The Bertz CT molecular complexity index is 714. The van der Waals surface area contributed by atoms with Gasteiger partial charge < -0.3 is 10.6 Å². The summed E-state index contributed by atoms with van der Waals surface area (Å²) >= 11 is 3.43. The molecule has 4 nitrogen and oxygen atoms in total. The van der Waals surface area contributed by atoms with Crippen LogP contribution in [0.1, 0.15) is 40.8 Å². The van der Waals surface area contributed by atoms with Crippen molar-refractivity contribution in [3.05, 3.63) is 45.9 Å². The Morgan fingerprint density at radius 1 is 1.40 bits per heavy atom. The molecule has 1 fully saturated rings. The lowest BCUT2D eigenvalue weighted by Gasteiger charge is -2.38. The number of rotatable bonds is 5. The average Bonchev–Trinajstić information content (AvgIpc) is 3.05. The Morgan fingerprint density at radius 3 is 2.80 bits per heavy atom. The molecule has 2 atom stereocenters. The summed E-state index contributed by atoms with van der Waals surface area (Å²) in [5.74, 6) is 1.61. The van der Waals surface area contributed by atoms with Gasteiger partial charge in [0.1, 0.15) is 0 Å². The molecular weight excluding hydrogens is 350 g/mol. The second kappa shape index (κ2) is 8.34. The van der Waals surface area contributed by atoms with Crippen molar-refractivity contribution in [2.24, 2.45) is 11.7 Å². The molecule has 25 heavy (non-hydrogen) atoms. The van der Waals surface area contributed by atoms with Crippen LogP contribution in [-0.4, -0.2) is 34.9 Å². The molecule has 0 bridgehead atoms. The Balaban J connectivity index is 1.62. The molecule has 2 N–H and O–H groups in total. The number of aryl methyl sites for hydroxylation is 1. The summed E-state index contributed by atoms with van der Waals surface area (Å²) in [6, 6.07) is 8.09. The van der Waals surface area contributed by atoms with E-state index < -0.39 is 0 Å². The van der Waals surface area contributed by atoms with Crippen molar-refractivity contribution in [3.63, 3.8) is 0 Å². The highest BCUT2D eigenvalue weighted by Gasteiger charge is 2.29. The van der Waals surface area contributed by atoms with Gasteiger partial charge in [0, 0.05) is 40.7 Å². The van der Waals surface area contributed by atoms with Crippen LogP contribution in [0.2, 0.25) is 0 Å². The quantitative estimate of drug-likeness (QED) is 0.804. The van der Waals surface area contributed by atoms with Crippen molar-refractivity contribution in [2.45, 2.75) is 43.4 Å². The maximum absolute atomic E-state index is 12.8. The van der Waals surface area contributed by atoms with E-state index in [1.807, 2.05) is 36.1 Å². The van der Waals surface area contributed by atoms with Crippen LogP contribution in [0.3, 0.4) is 0 Å². The van der Waals surface area contributed by atoms with Gasteiger partial charge in [-0.25, -0.2) is 4.98 Å². The summed E-state index contributed by atoms with van der Waals surface area (Å²) in [5.41, 5.74) is 7.75. The minimum atomic E-state index is 0.106. The molecule has 2 aromatic rings. The minimum Gasteiger partial charge on any atom is -0.334 e. The lowest BCUT2D eigenvalue weighted by Crippen LogP contribution is -2.49. The van der Waals surface area contributed by atoms with Crippen LogP contribution in [-0.2, 0) is 5.75 Å². The smallest absolute Gasteiger partial charge is 0.254 e. The third-order valence-electron chi connectivity index (χ3n) is 4.67. The molecule has 134 valence electrons. The molecule has 3 rings (SSSR count). The van der Waals surface area contributed by atoms with E-state index in [1.165, 1.54) is 0 Å². The zero-order valence-corrected chi connectivity index (χ0v) is 16.4. The largest absolute Gasteiger partial charge is 0.334 e. The molecule has 0 saturated carbocycles. The summed E-state index contributed by atoms with van der Waals surface area (Å²) in [7, 11) is 0. The van der Waals surface area contributed by atoms with Gasteiger partial charge in [-0.1, -0.05) is 6.92 Å². The SMILES string of the molecule is Cc1nc(CSc2ccc(C(=O)N3CCC(C)CC3CN)cc2)cs1. The highest BCUT2D eigenvalue weighted by atomic mass is 32.2. The highest BCUT2D eigenvalue weighted by molar-refractivity contribution is 7.98. The number of nitrogens with zero attached hydrogens (tertiary/aromatic N) is 2. The first-order chi connectivity index (χ1) is 12.1. The molecule has 1 saturated heterocycles. The number of carbonyl (C=O) groups excluding carboxylic acids is 1. The zero-order chi connectivity index (χ0) is 17.8. The fourth-order valence-electron chi connectivity index (χ4n) is 3.23. The summed E-state index contributed by atoms with van der Waals surface area (Å²) in [4.78, 5) is 20.4. The van der Waals surface area contributed by atoms with Crippen molar-refractivity contribution < 1.29 is 4.79 Å². The number of carbonyl (C=O) groups is 1. The molecule has 0 radical (unpaired) electrons. The van der Waals surface area contributed by atoms with E-state index in [0.29, 0.717) is 12.5 Å². The lowest BCUT2D eigenvalue weighted by molar-refractivity contribution is 0.0573. The average molecular weight is 376 g/mol. The van der Waals surface area contributed by atoms with Gasteiger partial charge in [0.15, 0.2) is 0 Å². The van der Waals surface area contributed by atoms with Crippen LogP contribution in [0.25, 0.3) is 0 Å². The molecule has 1 aliphatic rings. The Labute approximate surface area is 157 Å². The predicted molar refractivity (Wildman–Crippen MR) is 105 cm³/mol. The molecule has 0 aliphatic carbocycles. The van der Waals surface area contributed by atoms with Gasteiger partial charge in [-0.2, -0.15) is 0 Å². The van der Waals surface area contributed by atoms with Crippen LogP contribution in [0, 0.1) is 12.8 Å². The number of hydrogen-bond acceptors (Lipinski definition) is 5. The first-order valence-corrected chi connectivity index (χ1v) is 10.6. The summed E-state index contributed by atoms with van der Waals surface area (Å²) in [5, 5.41) is 3.20. The molecule has 1 aromatic heterocycles. The number of aromatic nitrogens is 1. The standard InChI is InChI=1S/C19H25N3OS2/c1-13-7-8-22(17(9-13)10-20)19(23)15-3-5-18(6-4-15)25-12-16-11-24-14(2)21-16/h3-6,11,13,17H,7-10,12,20H2,1-2H3. The van der Waals surface area contributed by atoms with Crippen LogP contribution in [0.15, 0.2) is 34.5 Å². The molecule has 0 spiro atoms. The van der Waals surface area contributed by atoms with Gasteiger partial charge in [-0.3, -0.25) is 4.79 Å². The maximum atomic E-state index is 12.8. The van der Waals surface area contributed by atoms with Crippen LogP contribution >= 0.6 is 23.1 Å². The number of thioether (sulfide) groups is 1. The number of thiazole rings is 1. The lowest BCUT2D eigenvalue weighted by atomic mass is 9.92. The third kappa shape index (κ3) is 4.63. The van der Waals surface area contributed by atoms with Crippen molar-refractivity contribution in [2.75, 3.05) is 13.1 Å². The van der Waals surface area contributed by atoms with Crippen molar-refractivity contribution in [1.29, 1.82) is 0 Å². The molecular formula is C19H25N3OS2. The van der Waals surface area contributed by atoms with Crippen LogP contribution in [0.4, 0.5) is 0 Å². The second-order valence-electron chi connectivity index (χ2n) is 6.69. The molecule has 2 unspecified atom stereocenters. The van der Waals surface area contributed by atoms with Crippen molar-refractivity contribution in [3.8, 4) is 0 Å².